The summed E-state index contributed by atoms with van der Waals surface area (Å²) >= 11 is 0. The lowest BCUT2D eigenvalue weighted by Crippen LogP contribution is -2.25. The predicted molar refractivity (Wildman–Crippen MR) is 260 cm³/mol. The lowest BCUT2D eigenvalue weighted by atomic mass is 9.67. The molecule has 0 aromatic heterocycles. The van der Waals surface area contributed by atoms with Crippen LogP contribution in [0.25, 0.3) is 76.8 Å². The average molecular weight is 780 g/mol. The Morgan fingerprint density at radius 1 is 0.328 bits per heavy atom. The van der Waals surface area contributed by atoms with Gasteiger partial charge in [0.1, 0.15) is 0 Å². The van der Waals surface area contributed by atoms with Crippen molar-refractivity contribution in [3.63, 3.8) is 0 Å². The van der Waals surface area contributed by atoms with E-state index in [-0.39, 0.29) is 10.8 Å². The summed E-state index contributed by atoms with van der Waals surface area (Å²) < 4.78 is 0. The van der Waals surface area contributed by atoms with Crippen LogP contribution in [0.15, 0.2) is 200 Å². The first-order chi connectivity index (χ1) is 29.8. The molecule has 0 fully saturated rings. The summed E-state index contributed by atoms with van der Waals surface area (Å²) in [5.74, 6) is 0. The molecule has 0 heterocycles. The molecular weight excluding hydrogens is 735 g/mol. The van der Waals surface area contributed by atoms with Crippen molar-refractivity contribution in [2.24, 2.45) is 0 Å². The highest BCUT2D eigenvalue weighted by molar-refractivity contribution is 6.17. The van der Waals surface area contributed by atoms with Crippen LogP contribution < -0.4 is 4.90 Å². The maximum atomic E-state index is 2.53. The molecule has 1 heteroatoms. The Kier molecular flexibility index (Phi) is 7.69. The molecule has 10 aromatic rings. The minimum atomic E-state index is -0.236. The quantitative estimate of drug-likeness (QED) is 0.157. The number of rotatable bonds is 5. The zero-order valence-corrected chi connectivity index (χ0v) is 35.0. The lowest BCUT2D eigenvalue weighted by molar-refractivity contribution is 0.645. The molecular formula is C60H45N. The number of anilines is 3. The van der Waals surface area contributed by atoms with Gasteiger partial charge < -0.3 is 4.90 Å². The molecule has 12 rings (SSSR count). The molecule has 0 amide bonds. The topological polar surface area (TPSA) is 3.24 Å². The average Bonchev–Trinajstić information content (AvgIpc) is 3.54. The summed E-state index contributed by atoms with van der Waals surface area (Å²) in [6.45, 7) is 9.57. The minimum Gasteiger partial charge on any atom is -0.309 e. The standard InChI is InChI=1S/C60H45N/c1-59(2)51-23-13-12-21-47(51)48-32-27-41(35-53(48)59)42-28-33-50-54(36-42)60(3,4)52-24-14-18-40-29-34-55(58(50)57(40)52)61(44-30-25-39(26-31-44)38-15-6-5-7-16-38)56-37-43-17-8-9-19-45(43)46-20-10-11-22-49(46)56/h5-37H,1-4H3. The van der Waals surface area contributed by atoms with Gasteiger partial charge in [-0.15, -0.1) is 0 Å². The summed E-state index contributed by atoms with van der Waals surface area (Å²) in [4.78, 5) is 2.53. The normalized spacial score (nSPS) is 14.2. The second-order valence-corrected chi connectivity index (χ2v) is 18.1. The Bertz CT molecular complexity index is 3400. The van der Waals surface area contributed by atoms with Gasteiger partial charge in [-0.2, -0.15) is 0 Å². The largest absolute Gasteiger partial charge is 0.309 e. The molecule has 290 valence electrons. The second-order valence-electron chi connectivity index (χ2n) is 18.1. The van der Waals surface area contributed by atoms with Crippen LogP contribution >= 0.6 is 0 Å². The number of fused-ring (bicyclic) bond motifs is 8. The Labute approximate surface area is 358 Å². The number of hydrogen-bond donors (Lipinski definition) is 0. The van der Waals surface area contributed by atoms with Crippen molar-refractivity contribution in [1.29, 1.82) is 0 Å². The van der Waals surface area contributed by atoms with Crippen LogP contribution in [0.4, 0.5) is 17.1 Å². The molecule has 0 saturated heterocycles. The third-order valence-corrected chi connectivity index (χ3v) is 14.0. The van der Waals surface area contributed by atoms with E-state index in [1.54, 1.807) is 0 Å². The first kappa shape index (κ1) is 35.7. The fourth-order valence-corrected chi connectivity index (χ4v) is 10.9. The van der Waals surface area contributed by atoms with Gasteiger partial charge in [-0.1, -0.05) is 191 Å². The van der Waals surface area contributed by atoms with Crippen LogP contribution in [-0.2, 0) is 10.8 Å². The Morgan fingerprint density at radius 2 is 0.885 bits per heavy atom. The van der Waals surface area contributed by atoms with Gasteiger partial charge in [0.05, 0.1) is 11.4 Å². The van der Waals surface area contributed by atoms with Gasteiger partial charge in [-0.25, -0.2) is 0 Å². The molecule has 0 bridgehead atoms. The van der Waals surface area contributed by atoms with Crippen molar-refractivity contribution >= 4 is 49.4 Å². The minimum absolute atomic E-state index is 0.0609. The van der Waals surface area contributed by atoms with E-state index in [4.69, 9.17) is 0 Å². The molecule has 0 unspecified atom stereocenters. The van der Waals surface area contributed by atoms with E-state index in [1.807, 2.05) is 0 Å². The van der Waals surface area contributed by atoms with Crippen LogP contribution in [0, 0.1) is 0 Å². The van der Waals surface area contributed by atoms with Gasteiger partial charge in [-0.05, 0) is 125 Å². The van der Waals surface area contributed by atoms with Crippen molar-refractivity contribution in [3.8, 4) is 44.5 Å². The summed E-state index contributed by atoms with van der Waals surface area (Å²) in [5, 5.41) is 7.57. The van der Waals surface area contributed by atoms with Crippen LogP contribution in [0.1, 0.15) is 49.9 Å². The first-order valence-electron chi connectivity index (χ1n) is 21.6. The summed E-state index contributed by atoms with van der Waals surface area (Å²) in [6.07, 6.45) is 0. The summed E-state index contributed by atoms with van der Waals surface area (Å²) in [5.41, 5.74) is 18.9. The molecule has 0 atom stereocenters. The van der Waals surface area contributed by atoms with Gasteiger partial charge in [0.2, 0.25) is 0 Å². The van der Waals surface area contributed by atoms with E-state index in [9.17, 15) is 0 Å². The molecule has 2 aliphatic carbocycles. The number of hydrogen-bond acceptors (Lipinski definition) is 1. The van der Waals surface area contributed by atoms with Crippen molar-refractivity contribution in [1.82, 2.24) is 0 Å². The van der Waals surface area contributed by atoms with Crippen molar-refractivity contribution < 1.29 is 0 Å². The second kappa shape index (κ2) is 13.1. The maximum Gasteiger partial charge on any atom is 0.0546 e. The Balaban J connectivity index is 1.10. The van der Waals surface area contributed by atoms with E-state index in [1.165, 1.54) is 110 Å². The van der Waals surface area contributed by atoms with Crippen molar-refractivity contribution in [3.05, 3.63) is 222 Å². The van der Waals surface area contributed by atoms with E-state index < -0.39 is 0 Å². The molecule has 0 saturated carbocycles. The van der Waals surface area contributed by atoms with E-state index in [0.29, 0.717) is 0 Å². The molecule has 61 heavy (non-hydrogen) atoms. The van der Waals surface area contributed by atoms with E-state index in [2.05, 4.69) is 233 Å². The van der Waals surface area contributed by atoms with Crippen LogP contribution in [-0.4, -0.2) is 0 Å². The van der Waals surface area contributed by atoms with Gasteiger partial charge in [-0.3, -0.25) is 0 Å². The van der Waals surface area contributed by atoms with Crippen molar-refractivity contribution in [2.45, 2.75) is 38.5 Å². The molecule has 0 N–H and O–H groups in total. The molecule has 0 radical (unpaired) electrons. The summed E-state index contributed by atoms with van der Waals surface area (Å²) in [7, 11) is 0. The molecule has 0 spiro atoms. The highest BCUT2D eigenvalue weighted by Gasteiger charge is 2.38. The zero-order valence-electron chi connectivity index (χ0n) is 35.0. The lowest BCUT2D eigenvalue weighted by Gasteiger charge is -2.38. The van der Waals surface area contributed by atoms with Crippen molar-refractivity contribution in [2.75, 3.05) is 4.90 Å². The van der Waals surface area contributed by atoms with E-state index in [0.717, 1.165) is 5.69 Å². The SMILES string of the molecule is CC1(C)c2ccccc2-c2ccc(-c3ccc4c(c3)C(C)(C)c3cccc5ccc(N(c6ccc(-c7ccccc7)cc6)c6cc7ccccc7c7ccccc67)c-4c35)cc21. The van der Waals surface area contributed by atoms with Gasteiger partial charge in [0, 0.05) is 27.5 Å². The molecule has 1 nitrogen and oxygen atoms in total. The third-order valence-electron chi connectivity index (χ3n) is 14.0. The van der Waals surface area contributed by atoms with Gasteiger partial charge >= 0.3 is 0 Å². The maximum absolute atomic E-state index is 2.53. The fourth-order valence-electron chi connectivity index (χ4n) is 10.9. The first-order valence-corrected chi connectivity index (χ1v) is 21.6. The predicted octanol–water partition coefficient (Wildman–Crippen LogP) is 16.6. The highest BCUT2D eigenvalue weighted by Crippen LogP contribution is 2.56. The molecule has 2 aliphatic rings. The van der Waals surface area contributed by atoms with Gasteiger partial charge in [0.15, 0.2) is 0 Å². The zero-order chi connectivity index (χ0) is 41.0. The van der Waals surface area contributed by atoms with Crippen LogP contribution in [0.2, 0.25) is 0 Å². The smallest absolute Gasteiger partial charge is 0.0546 e. The molecule has 0 aliphatic heterocycles. The van der Waals surface area contributed by atoms with Gasteiger partial charge in [0.25, 0.3) is 0 Å². The third kappa shape index (κ3) is 5.26. The Hall–Kier alpha value is -7.22. The Morgan fingerprint density at radius 3 is 1.67 bits per heavy atom. The summed E-state index contributed by atoms with van der Waals surface area (Å²) in [6, 6.07) is 74.9. The molecule has 10 aromatic carbocycles. The van der Waals surface area contributed by atoms with Crippen LogP contribution in [0.5, 0.6) is 0 Å². The number of nitrogens with zero attached hydrogens (tertiary/aromatic N) is 1. The van der Waals surface area contributed by atoms with Crippen LogP contribution in [0.3, 0.4) is 0 Å². The highest BCUT2D eigenvalue weighted by atomic mass is 15.1. The number of benzene rings is 10. The fraction of sp³-hybridized carbons (Fsp3) is 0.100. The van der Waals surface area contributed by atoms with E-state index >= 15 is 0 Å². The monoisotopic (exact) mass is 779 g/mol.